The molecule has 0 saturated heterocycles. The largest absolute Gasteiger partial charge is 0.455 e. The first-order valence-corrected chi connectivity index (χ1v) is 7.30. The second kappa shape index (κ2) is 5.51. The SMILES string of the molecule is N#Cc1cc2c(cc1Oc1cc3c(cc1C#N)C(=O)OC3=O)C(=O)OC2=O. The Bertz CT molecular complexity index is 1100. The van der Waals surface area contributed by atoms with Crippen molar-refractivity contribution in [3.63, 3.8) is 0 Å². The van der Waals surface area contributed by atoms with Gasteiger partial charge in [0.1, 0.15) is 23.6 Å². The monoisotopic (exact) mass is 360 g/mol. The Morgan fingerprint density at radius 3 is 1.30 bits per heavy atom. The zero-order valence-corrected chi connectivity index (χ0v) is 13.1. The van der Waals surface area contributed by atoms with Crippen LogP contribution in [0.25, 0.3) is 0 Å². The number of cyclic esters (lactones) is 4. The highest BCUT2D eigenvalue weighted by Gasteiger charge is 2.33. The molecule has 0 radical (unpaired) electrons. The molecule has 2 aliphatic rings. The van der Waals surface area contributed by atoms with E-state index in [0.29, 0.717) is 0 Å². The highest BCUT2D eigenvalue weighted by atomic mass is 16.6. The number of hydrogen-bond acceptors (Lipinski definition) is 9. The standard InChI is InChI=1S/C18H4N2O7/c19-5-7-1-9-11(17(23)26-15(9)21)3-13(7)25-14-4-12-10(2-8(14)6-20)16(22)27-18(12)24/h1-4H. The molecule has 0 fully saturated rings. The number of ether oxygens (including phenoxy) is 3. The van der Waals surface area contributed by atoms with E-state index in [1.807, 2.05) is 12.1 Å². The van der Waals surface area contributed by atoms with Crippen molar-refractivity contribution < 1.29 is 33.4 Å². The molecule has 0 aliphatic carbocycles. The van der Waals surface area contributed by atoms with Crippen LogP contribution in [0.4, 0.5) is 0 Å². The summed E-state index contributed by atoms with van der Waals surface area (Å²) in [5.41, 5.74) is -0.529. The smallest absolute Gasteiger partial charge is 0.347 e. The van der Waals surface area contributed by atoms with Gasteiger partial charge in [-0.1, -0.05) is 0 Å². The fourth-order valence-corrected chi connectivity index (χ4v) is 2.69. The van der Waals surface area contributed by atoms with Crippen LogP contribution in [0.3, 0.4) is 0 Å². The van der Waals surface area contributed by atoms with Gasteiger partial charge in [-0.2, -0.15) is 10.5 Å². The van der Waals surface area contributed by atoms with E-state index in [0.717, 1.165) is 24.3 Å². The minimum absolute atomic E-state index is 0.0764. The Hall–Kier alpha value is -4.50. The predicted octanol–water partition coefficient (Wildman–Crippen LogP) is 1.84. The molecule has 2 aromatic carbocycles. The Balaban J connectivity index is 1.85. The molecule has 9 nitrogen and oxygen atoms in total. The van der Waals surface area contributed by atoms with Crippen molar-refractivity contribution in [2.45, 2.75) is 0 Å². The zero-order valence-electron chi connectivity index (χ0n) is 13.1. The lowest BCUT2D eigenvalue weighted by molar-refractivity contribution is 0.0425. The summed E-state index contributed by atoms with van der Waals surface area (Å²) in [5, 5.41) is 18.6. The molecule has 0 N–H and O–H groups in total. The highest BCUT2D eigenvalue weighted by molar-refractivity contribution is 6.16. The summed E-state index contributed by atoms with van der Waals surface area (Å²) in [6.07, 6.45) is 0. The summed E-state index contributed by atoms with van der Waals surface area (Å²) in [6, 6.07) is 8.17. The molecule has 0 unspecified atom stereocenters. The summed E-state index contributed by atoms with van der Waals surface area (Å²) in [7, 11) is 0. The van der Waals surface area contributed by atoms with Gasteiger partial charge < -0.3 is 14.2 Å². The van der Waals surface area contributed by atoms with Gasteiger partial charge in [0.2, 0.25) is 0 Å². The van der Waals surface area contributed by atoms with Crippen LogP contribution in [0.2, 0.25) is 0 Å². The highest BCUT2D eigenvalue weighted by Crippen LogP contribution is 2.35. The number of esters is 4. The maximum Gasteiger partial charge on any atom is 0.347 e. The number of benzene rings is 2. The second-order valence-electron chi connectivity index (χ2n) is 5.47. The molecule has 0 bridgehead atoms. The van der Waals surface area contributed by atoms with E-state index in [2.05, 4.69) is 9.47 Å². The molecular formula is C18H4N2O7. The van der Waals surface area contributed by atoms with E-state index in [-0.39, 0.29) is 44.9 Å². The van der Waals surface area contributed by atoms with E-state index in [9.17, 15) is 29.7 Å². The quantitative estimate of drug-likeness (QED) is 0.578. The minimum atomic E-state index is -0.895. The van der Waals surface area contributed by atoms with Gasteiger partial charge in [0, 0.05) is 0 Å². The Labute approximate surface area is 149 Å². The third-order valence-corrected chi connectivity index (χ3v) is 3.95. The first-order valence-electron chi connectivity index (χ1n) is 7.30. The van der Waals surface area contributed by atoms with Crippen molar-refractivity contribution in [3.05, 3.63) is 57.6 Å². The average molecular weight is 360 g/mol. The number of carbonyl (C=O) groups is 4. The molecule has 27 heavy (non-hydrogen) atoms. The summed E-state index contributed by atoms with van der Waals surface area (Å²) < 4.78 is 14.5. The summed E-state index contributed by atoms with van der Waals surface area (Å²) in [5.74, 6) is -3.81. The van der Waals surface area contributed by atoms with E-state index < -0.39 is 23.9 Å². The van der Waals surface area contributed by atoms with Crippen LogP contribution >= 0.6 is 0 Å². The number of hydrogen-bond donors (Lipinski definition) is 0. The van der Waals surface area contributed by atoms with Gasteiger partial charge in [0.15, 0.2) is 0 Å². The first kappa shape index (κ1) is 16.0. The lowest BCUT2D eigenvalue weighted by Crippen LogP contribution is -2.00. The molecule has 2 heterocycles. The van der Waals surface area contributed by atoms with Gasteiger partial charge in [0.05, 0.1) is 33.4 Å². The first-order chi connectivity index (χ1) is 12.9. The van der Waals surface area contributed by atoms with Gasteiger partial charge >= 0.3 is 23.9 Å². The second-order valence-corrected chi connectivity index (χ2v) is 5.47. The van der Waals surface area contributed by atoms with Crippen molar-refractivity contribution in [1.29, 1.82) is 10.5 Å². The lowest BCUT2D eigenvalue weighted by Gasteiger charge is -2.10. The molecule has 4 rings (SSSR count). The molecule has 128 valence electrons. The molecule has 0 atom stereocenters. The molecule has 0 amide bonds. The third-order valence-electron chi connectivity index (χ3n) is 3.95. The van der Waals surface area contributed by atoms with E-state index >= 15 is 0 Å². The maximum atomic E-state index is 11.7. The summed E-state index contributed by atoms with van der Waals surface area (Å²) in [6.45, 7) is 0. The van der Waals surface area contributed by atoms with Crippen molar-refractivity contribution >= 4 is 23.9 Å². The van der Waals surface area contributed by atoms with Crippen molar-refractivity contribution in [1.82, 2.24) is 0 Å². The van der Waals surface area contributed by atoms with Gasteiger partial charge in [-0.05, 0) is 24.3 Å². The van der Waals surface area contributed by atoms with Crippen LogP contribution in [0, 0.1) is 22.7 Å². The number of rotatable bonds is 2. The van der Waals surface area contributed by atoms with Gasteiger partial charge in [0.25, 0.3) is 0 Å². The molecule has 2 aromatic rings. The Morgan fingerprint density at radius 1 is 0.630 bits per heavy atom. The van der Waals surface area contributed by atoms with E-state index in [1.165, 1.54) is 0 Å². The van der Waals surface area contributed by atoms with Crippen LogP contribution in [0.1, 0.15) is 52.6 Å². The number of fused-ring (bicyclic) bond motifs is 2. The number of nitrogens with zero attached hydrogens (tertiary/aromatic N) is 2. The van der Waals surface area contributed by atoms with Crippen LogP contribution in [0.5, 0.6) is 11.5 Å². The topological polar surface area (TPSA) is 144 Å². The van der Waals surface area contributed by atoms with Crippen LogP contribution in [0.15, 0.2) is 24.3 Å². The zero-order chi connectivity index (χ0) is 19.3. The summed E-state index contributed by atoms with van der Waals surface area (Å²) in [4.78, 5) is 46.6. The van der Waals surface area contributed by atoms with Crippen LogP contribution in [-0.2, 0) is 9.47 Å². The normalized spacial score (nSPS) is 14.0. The van der Waals surface area contributed by atoms with Gasteiger partial charge in [-0.15, -0.1) is 0 Å². The van der Waals surface area contributed by atoms with Crippen molar-refractivity contribution in [2.75, 3.05) is 0 Å². The molecule has 0 spiro atoms. The molecule has 0 saturated carbocycles. The fourth-order valence-electron chi connectivity index (χ4n) is 2.69. The molecule has 9 heteroatoms. The summed E-state index contributed by atoms with van der Waals surface area (Å²) >= 11 is 0. The number of nitriles is 2. The lowest BCUT2D eigenvalue weighted by atomic mass is 10.0. The Kier molecular flexibility index (Phi) is 3.26. The van der Waals surface area contributed by atoms with E-state index in [4.69, 9.17) is 4.74 Å². The molecule has 0 aromatic heterocycles. The van der Waals surface area contributed by atoms with Gasteiger partial charge in [-0.3, -0.25) is 0 Å². The minimum Gasteiger partial charge on any atom is -0.455 e. The Morgan fingerprint density at radius 2 is 0.963 bits per heavy atom. The molecule has 2 aliphatic heterocycles. The van der Waals surface area contributed by atoms with Crippen LogP contribution < -0.4 is 4.74 Å². The predicted molar refractivity (Wildman–Crippen MR) is 81.9 cm³/mol. The average Bonchev–Trinajstić information content (AvgIpc) is 3.08. The van der Waals surface area contributed by atoms with Crippen LogP contribution in [-0.4, -0.2) is 23.9 Å². The third kappa shape index (κ3) is 2.31. The van der Waals surface area contributed by atoms with E-state index in [1.54, 1.807) is 0 Å². The number of carbonyl (C=O) groups excluding carboxylic acids is 4. The fraction of sp³-hybridized carbons (Fsp3) is 0. The van der Waals surface area contributed by atoms with Gasteiger partial charge in [-0.25, -0.2) is 19.2 Å². The van der Waals surface area contributed by atoms with Crippen molar-refractivity contribution in [2.24, 2.45) is 0 Å². The van der Waals surface area contributed by atoms with Crippen molar-refractivity contribution in [3.8, 4) is 23.6 Å². The molecular weight excluding hydrogens is 356 g/mol. The maximum absolute atomic E-state index is 11.7.